The van der Waals surface area contributed by atoms with Gasteiger partial charge < -0.3 is 24.7 Å². The van der Waals surface area contributed by atoms with Crippen molar-refractivity contribution in [3.05, 3.63) is 59.9 Å². The van der Waals surface area contributed by atoms with Crippen LogP contribution in [0.3, 0.4) is 0 Å². The molecule has 2 aromatic carbocycles. The van der Waals surface area contributed by atoms with E-state index in [0.717, 1.165) is 18.8 Å². The first-order valence-electron chi connectivity index (χ1n) is 12.3. The molecule has 1 atom stereocenters. The number of aryl methyl sites for hydroxylation is 1. The van der Waals surface area contributed by atoms with Gasteiger partial charge in [-0.15, -0.1) is 0 Å². The maximum absolute atomic E-state index is 13.5. The van der Waals surface area contributed by atoms with Crippen LogP contribution in [-0.4, -0.2) is 89.5 Å². The Labute approximate surface area is 206 Å². The van der Waals surface area contributed by atoms with Gasteiger partial charge in [0.1, 0.15) is 23.8 Å². The molecule has 2 aliphatic rings. The van der Waals surface area contributed by atoms with Crippen molar-refractivity contribution in [1.29, 1.82) is 0 Å². The first kappa shape index (κ1) is 25.4. The number of piperidine rings is 1. The van der Waals surface area contributed by atoms with Gasteiger partial charge in [-0.05, 0) is 44.0 Å². The van der Waals surface area contributed by atoms with E-state index in [-0.39, 0.29) is 25.6 Å². The summed E-state index contributed by atoms with van der Waals surface area (Å²) >= 11 is 0. The molecule has 35 heavy (non-hydrogen) atoms. The Morgan fingerprint density at radius 3 is 2.37 bits per heavy atom. The number of halogens is 1. The third-order valence-corrected chi connectivity index (χ3v) is 7.05. The number of rotatable bonds is 6. The third kappa shape index (κ3) is 6.72. The zero-order chi connectivity index (χ0) is 25.1. The van der Waals surface area contributed by atoms with Gasteiger partial charge in [-0.1, -0.05) is 23.8 Å². The van der Waals surface area contributed by atoms with E-state index in [1.165, 1.54) is 24.6 Å². The van der Waals surface area contributed by atoms with Gasteiger partial charge in [0.15, 0.2) is 0 Å². The van der Waals surface area contributed by atoms with Gasteiger partial charge in [-0.3, -0.25) is 9.69 Å². The van der Waals surface area contributed by atoms with Crippen molar-refractivity contribution in [3.8, 4) is 5.75 Å². The number of carbonyl (C=O) groups excluding carboxylic acids is 1. The predicted octanol–water partition coefficient (Wildman–Crippen LogP) is 2.44. The number of amides is 1. The summed E-state index contributed by atoms with van der Waals surface area (Å²) in [6.07, 6.45) is 1.23. The lowest BCUT2D eigenvalue weighted by Gasteiger charge is -2.42. The molecule has 2 saturated heterocycles. The minimum absolute atomic E-state index is 0.0869. The Morgan fingerprint density at radius 2 is 1.71 bits per heavy atom. The van der Waals surface area contributed by atoms with Crippen molar-refractivity contribution in [2.75, 3.05) is 57.3 Å². The smallest absolute Gasteiger partial charge is 0.219 e. The van der Waals surface area contributed by atoms with E-state index in [1.807, 2.05) is 4.90 Å². The highest BCUT2D eigenvalue weighted by atomic mass is 19.1. The average molecular weight is 486 g/mol. The van der Waals surface area contributed by atoms with Crippen LogP contribution in [0.15, 0.2) is 48.5 Å². The fourth-order valence-corrected chi connectivity index (χ4v) is 5.02. The molecule has 190 valence electrons. The SMILES string of the molecule is CC(=O)N1CCN(CC2(O)CCN(c3ccc(C)cc3)CC2)CC(O)(COc2cccc(F)c2)C1. The summed E-state index contributed by atoms with van der Waals surface area (Å²) in [4.78, 5) is 18.1. The fraction of sp³-hybridized carbons (Fsp3) is 0.519. The molecule has 7 nitrogen and oxygen atoms in total. The average Bonchev–Trinajstić information content (AvgIpc) is 2.98. The Kier molecular flexibility index (Phi) is 7.64. The molecule has 0 bridgehead atoms. The van der Waals surface area contributed by atoms with E-state index in [0.29, 0.717) is 38.2 Å². The van der Waals surface area contributed by atoms with Crippen molar-refractivity contribution in [2.24, 2.45) is 0 Å². The third-order valence-electron chi connectivity index (χ3n) is 7.05. The Bertz CT molecular complexity index is 1010. The van der Waals surface area contributed by atoms with Crippen LogP contribution in [0, 0.1) is 12.7 Å². The van der Waals surface area contributed by atoms with Crippen LogP contribution >= 0.6 is 0 Å². The highest BCUT2D eigenvalue weighted by Crippen LogP contribution is 2.29. The van der Waals surface area contributed by atoms with Crippen LogP contribution in [0.5, 0.6) is 5.75 Å². The monoisotopic (exact) mass is 485 g/mol. The van der Waals surface area contributed by atoms with Crippen molar-refractivity contribution in [1.82, 2.24) is 9.80 Å². The van der Waals surface area contributed by atoms with Gasteiger partial charge >= 0.3 is 0 Å². The van der Waals surface area contributed by atoms with Gasteiger partial charge in [-0.25, -0.2) is 4.39 Å². The molecule has 2 aliphatic heterocycles. The molecular formula is C27H36FN3O4. The van der Waals surface area contributed by atoms with E-state index in [1.54, 1.807) is 17.0 Å². The van der Waals surface area contributed by atoms with Crippen molar-refractivity contribution < 1.29 is 24.1 Å². The van der Waals surface area contributed by atoms with Gasteiger partial charge in [0.05, 0.1) is 12.1 Å². The molecule has 0 saturated carbocycles. The number of hydrogen-bond acceptors (Lipinski definition) is 6. The molecule has 2 fully saturated rings. The molecule has 0 aliphatic carbocycles. The fourth-order valence-electron chi connectivity index (χ4n) is 5.02. The second-order valence-electron chi connectivity index (χ2n) is 10.2. The summed E-state index contributed by atoms with van der Waals surface area (Å²) in [6.45, 7) is 6.74. The van der Waals surface area contributed by atoms with Crippen LogP contribution in [0.4, 0.5) is 10.1 Å². The number of aliphatic hydroxyl groups is 2. The lowest BCUT2D eigenvalue weighted by atomic mass is 9.90. The van der Waals surface area contributed by atoms with Crippen molar-refractivity contribution in [2.45, 2.75) is 37.9 Å². The van der Waals surface area contributed by atoms with Crippen LogP contribution in [0.25, 0.3) is 0 Å². The lowest BCUT2D eigenvalue weighted by molar-refractivity contribution is -0.132. The maximum atomic E-state index is 13.5. The normalized spacial score (nSPS) is 23.1. The maximum Gasteiger partial charge on any atom is 0.219 e. The van der Waals surface area contributed by atoms with Crippen LogP contribution in [0.2, 0.25) is 0 Å². The highest BCUT2D eigenvalue weighted by molar-refractivity contribution is 5.73. The molecule has 1 unspecified atom stereocenters. The Morgan fingerprint density at radius 1 is 1.00 bits per heavy atom. The van der Waals surface area contributed by atoms with Gasteiger partial charge in [-0.2, -0.15) is 0 Å². The van der Waals surface area contributed by atoms with E-state index in [2.05, 4.69) is 36.1 Å². The van der Waals surface area contributed by atoms with E-state index in [4.69, 9.17) is 4.74 Å². The summed E-state index contributed by atoms with van der Waals surface area (Å²) in [6, 6.07) is 14.2. The molecule has 0 radical (unpaired) electrons. The molecule has 0 aromatic heterocycles. The standard InChI is InChI=1S/C27H36FN3O4/c1-21-6-8-24(9-7-21)30-12-10-26(33,11-13-30)17-29-14-15-31(22(2)32)19-27(34,18-29)20-35-25-5-3-4-23(28)16-25/h3-9,16,33-34H,10-15,17-20H2,1-2H3. The summed E-state index contributed by atoms with van der Waals surface area (Å²) in [5.41, 5.74) is 0.148. The molecule has 0 spiro atoms. The molecular weight excluding hydrogens is 449 g/mol. The number of carbonyl (C=O) groups is 1. The zero-order valence-corrected chi connectivity index (χ0v) is 20.6. The van der Waals surface area contributed by atoms with E-state index in [9.17, 15) is 19.4 Å². The van der Waals surface area contributed by atoms with Crippen LogP contribution < -0.4 is 9.64 Å². The van der Waals surface area contributed by atoms with Gasteiger partial charge in [0, 0.05) is 57.9 Å². The minimum Gasteiger partial charge on any atom is -0.490 e. The largest absolute Gasteiger partial charge is 0.490 e. The Hall–Kier alpha value is -2.68. The van der Waals surface area contributed by atoms with Gasteiger partial charge in [0.2, 0.25) is 5.91 Å². The zero-order valence-electron chi connectivity index (χ0n) is 20.6. The number of benzene rings is 2. The summed E-state index contributed by atoms with van der Waals surface area (Å²) < 4.78 is 19.3. The first-order valence-corrected chi connectivity index (χ1v) is 12.3. The number of hydrogen-bond donors (Lipinski definition) is 2. The number of anilines is 1. The number of nitrogens with zero attached hydrogens (tertiary/aromatic N) is 3. The van der Waals surface area contributed by atoms with Crippen molar-refractivity contribution in [3.63, 3.8) is 0 Å². The van der Waals surface area contributed by atoms with Crippen molar-refractivity contribution >= 4 is 11.6 Å². The molecule has 2 N–H and O–H groups in total. The quantitative estimate of drug-likeness (QED) is 0.655. The highest BCUT2D eigenvalue weighted by Gasteiger charge is 2.40. The van der Waals surface area contributed by atoms with Crippen LogP contribution in [-0.2, 0) is 4.79 Å². The molecule has 2 heterocycles. The van der Waals surface area contributed by atoms with Crippen LogP contribution in [0.1, 0.15) is 25.3 Å². The number of β-amino-alcohol motifs (C(OH)–C–C–N with tert-alkyl or cyclic N) is 2. The topological polar surface area (TPSA) is 76.5 Å². The second kappa shape index (κ2) is 10.5. The van der Waals surface area contributed by atoms with Gasteiger partial charge in [0.25, 0.3) is 0 Å². The minimum atomic E-state index is -1.35. The molecule has 8 heteroatoms. The second-order valence-corrected chi connectivity index (χ2v) is 10.2. The molecule has 4 rings (SSSR count). The molecule has 1 amide bonds. The predicted molar refractivity (Wildman–Crippen MR) is 133 cm³/mol. The summed E-state index contributed by atoms with van der Waals surface area (Å²) in [5.74, 6) is -0.214. The first-order chi connectivity index (χ1) is 16.6. The lowest BCUT2D eigenvalue weighted by Crippen LogP contribution is -2.55. The molecule has 2 aromatic rings. The van der Waals surface area contributed by atoms with E-state index >= 15 is 0 Å². The number of ether oxygens (including phenoxy) is 1. The van der Waals surface area contributed by atoms with E-state index < -0.39 is 17.0 Å². The Balaban J connectivity index is 1.40. The summed E-state index contributed by atoms with van der Waals surface area (Å²) in [5, 5.41) is 22.9. The summed E-state index contributed by atoms with van der Waals surface area (Å²) in [7, 11) is 0.